The third kappa shape index (κ3) is 4.47. The molecule has 0 aliphatic carbocycles. The summed E-state index contributed by atoms with van der Waals surface area (Å²) in [4.78, 5) is 11.6. The van der Waals surface area contributed by atoms with Crippen LogP contribution in [-0.4, -0.2) is 31.9 Å². The van der Waals surface area contributed by atoms with Crippen LogP contribution in [-0.2, 0) is 19.4 Å². The van der Waals surface area contributed by atoms with Crippen molar-refractivity contribution in [3.8, 4) is 0 Å². The maximum Gasteiger partial charge on any atom is 0.351 e. The van der Waals surface area contributed by atoms with E-state index in [-0.39, 0.29) is 26.6 Å². The summed E-state index contributed by atoms with van der Waals surface area (Å²) in [5, 5.41) is 10.7. The molecule has 108 valence electrons. The largest absolute Gasteiger partial charge is 0.501 e. The molecule has 0 aromatic carbocycles. The molecule has 1 aliphatic heterocycles. The Morgan fingerprint density at radius 2 is 2.11 bits per heavy atom. The summed E-state index contributed by atoms with van der Waals surface area (Å²) in [6.07, 6.45) is 1.54. The summed E-state index contributed by atoms with van der Waals surface area (Å²) < 4.78 is 29.2. The highest BCUT2D eigenvalue weighted by Gasteiger charge is 2.31. The van der Waals surface area contributed by atoms with Crippen LogP contribution in [0.3, 0.4) is 0 Å². The van der Waals surface area contributed by atoms with Gasteiger partial charge < -0.3 is 9.84 Å². The van der Waals surface area contributed by atoms with E-state index in [1.165, 1.54) is 12.3 Å². The van der Waals surface area contributed by atoms with Gasteiger partial charge in [0, 0.05) is 5.41 Å². The van der Waals surface area contributed by atoms with Crippen LogP contribution in [0.25, 0.3) is 0 Å². The second kappa shape index (κ2) is 7.25. The van der Waals surface area contributed by atoms with Gasteiger partial charge in [0.1, 0.15) is 0 Å². The molecule has 1 aliphatic rings. The molecule has 0 amide bonds. The van der Waals surface area contributed by atoms with Gasteiger partial charge in [-0.1, -0.05) is 32.0 Å². The van der Waals surface area contributed by atoms with Crippen LogP contribution in [0.2, 0.25) is 0 Å². The van der Waals surface area contributed by atoms with Crippen LogP contribution >= 0.6 is 23.5 Å². The maximum absolute atomic E-state index is 12.0. The number of rotatable bonds is 6. The molecule has 0 spiro atoms. The first-order valence-electron chi connectivity index (χ1n) is 5.80. The molecule has 0 saturated heterocycles. The number of carbonyl (C=O) groups excluding carboxylic acids is 1. The molecular weight excluding hydrogens is 308 g/mol. The SMILES string of the molecule is CCCCOC(=O)C(=C1SC=C(O)S1)S(=O)(=O)CC. The van der Waals surface area contributed by atoms with E-state index in [2.05, 4.69) is 0 Å². The number of hydrogen-bond acceptors (Lipinski definition) is 7. The summed E-state index contributed by atoms with van der Waals surface area (Å²) in [5.41, 5.74) is 0. The number of sulfone groups is 1. The van der Waals surface area contributed by atoms with Crippen LogP contribution in [0, 0.1) is 0 Å². The molecule has 0 saturated carbocycles. The van der Waals surface area contributed by atoms with Crippen molar-refractivity contribution < 1.29 is 23.1 Å². The third-order valence-electron chi connectivity index (χ3n) is 2.26. The van der Waals surface area contributed by atoms with Gasteiger partial charge in [0.25, 0.3) is 0 Å². The Morgan fingerprint density at radius 3 is 2.58 bits per heavy atom. The Morgan fingerprint density at radius 1 is 1.42 bits per heavy atom. The fraction of sp³-hybridized carbons (Fsp3) is 0.545. The Bertz CT molecular complexity index is 504. The standard InChI is InChI=1S/C11H16O5S3/c1-3-5-6-16-10(13)9(19(14,15)4-2)11-17-7-8(12)18-11/h7,12H,3-6H2,1-2H3. The number of thioether (sulfide) groups is 2. The van der Waals surface area contributed by atoms with Crippen molar-refractivity contribution in [2.75, 3.05) is 12.4 Å². The lowest BCUT2D eigenvalue weighted by Gasteiger charge is -2.10. The highest BCUT2D eigenvalue weighted by molar-refractivity contribution is 8.28. The smallest absolute Gasteiger partial charge is 0.351 e. The second-order valence-corrected chi connectivity index (χ2v) is 8.07. The molecule has 8 heteroatoms. The summed E-state index contributed by atoms with van der Waals surface area (Å²) in [6, 6.07) is 0. The molecule has 19 heavy (non-hydrogen) atoms. The van der Waals surface area contributed by atoms with Gasteiger partial charge >= 0.3 is 5.97 Å². The summed E-state index contributed by atoms with van der Waals surface area (Å²) in [5.74, 6) is -1.02. The minimum absolute atomic E-state index is 0.0230. The van der Waals surface area contributed by atoms with Gasteiger partial charge in [-0.15, -0.1) is 0 Å². The van der Waals surface area contributed by atoms with E-state index in [0.717, 1.165) is 29.9 Å². The number of esters is 1. The lowest BCUT2D eigenvalue weighted by Crippen LogP contribution is -2.19. The van der Waals surface area contributed by atoms with Gasteiger partial charge in [-0.2, -0.15) is 0 Å². The van der Waals surface area contributed by atoms with Gasteiger partial charge in [-0.25, -0.2) is 13.2 Å². The lowest BCUT2D eigenvalue weighted by atomic mass is 10.4. The second-order valence-electron chi connectivity index (χ2n) is 3.69. The van der Waals surface area contributed by atoms with Crippen molar-refractivity contribution in [3.05, 3.63) is 19.6 Å². The van der Waals surface area contributed by atoms with E-state index >= 15 is 0 Å². The Labute approximate surface area is 121 Å². The van der Waals surface area contributed by atoms with Gasteiger partial charge in [0.15, 0.2) is 19.8 Å². The van der Waals surface area contributed by atoms with Crippen molar-refractivity contribution in [3.63, 3.8) is 0 Å². The first kappa shape index (κ1) is 16.5. The number of hydrogen-bond donors (Lipinski definition) is 1. The van der Waals surface area contributed by atoms with E-state index in [1.807, 2.05) is 6.92 Å². The summed E-state index contributed by atoms with van der Waals surface area (Å²) in [6.45, 7) is 3.60. The highest BCUT2D eigenvalue weighted by atomic mass is 32.2. The molecule has 0 bridgehead atoms. The van der Waals surface area contributed by atoms with Crippen molar-refractivity contribution in [2.45, 2.75) is 26.7 Å². The average molecular weight is 324 g/mol. The number of aliphatic hydroxyl groups is 1. The van der Waals surface area contributed by atoms with Crippen molar-refractivity contribution in [2.24, 2.45) is 0 Å². The molecule has 0 atom stereocenters. The van der Waals surface area contributed by atoms with E-state index < -0.39 is 15.8 Å². The predicted octanol–water partition coefficient (Wildman–Crippen LogP) is 2.77. The zero-order valence-electron chi connectivity index (χ0n) is 10.7. The monoisotopic (exact) mass is 324 g/mol. The van der Waals surface area contributed by atoms with E-state index in [1.54, 1.807) is 0 Å². The Balaban J connectivity index is 2.99. The zero-order valence-corrected chi connectivity index (χ0v) is 13.2. The molecule has 0 unspecified atom stereocenters. The average Bonchev–Trinajstić information content (AvgIpc) is 2.76. The summed E-state index contributed by atoms with van der Waals surface area (Å²) >= 11 is 1.88. The molecule has 1 N–H and O–H groups in total. The van der Waals surface area contributed by atoms with E-state index in [9.17, 15) is 18.3 Å². The molecule has 0 aromatic heterocycles. The molecule has 0 aromatic rings. The normalized spacial score (nSPS) is 18.1. The molecule has 1 heterocycles. The highest BCUT2D eigenvalue weighted by Crippen LogP contribution is 2.45. The molecule has 5 nitrogen and oxygen atoms in total. The van der Waals surface area contributed by atoms with Gasteiger partial charge in [0.2, 0.25) is 0 Å². The topological polar surface area (TPSA) is 80.7 Å². The first-order valence-corrected chi connectivity index (χ1v) is 9.15. The van der Waals surface area contributed by atoms with Crippen molar-refractivity contribution in [1.82, 2.24) is 0 Å². The Hall–Kier alpha value is -0.600. The number of carbonyl (C=O) groups is 1. The molecule has 1 rings (SSSR count). The molecular formula is C11H16O5S3. The first-order chi connectivity index (χ1) is 8.92. The third-order valence-corrected chi connectivity index (χ3v) is 6.43. The van der Waals surface area contributed by atoms with Gasteiger partial charge in [-0.3, -0.25) is 0 Å². The Kier molecular flexibility index (Phi) is 6.28. The van der Waals surface area contributed by atoms with E-state index in [0.29, 0.717) is 6.42 Å². The number of unbranched alkanes of at least 4 members (excludes halogenated alkanes) is 1. The fourth-order valence-electron chi connectivity index (χ4n) is 1.20. The van der Waals surface area contributed by atoms with Gasteiger partial charge in [0.05, 0.1) is 16.6 Å². The number of aliphatic hydroxyl groups excluding tert-OH is 1. The maximum atomic E-state index is 12.0. The molecule has 0 fully saturated rings. The quantitative estimate of drug-likeness (QED) is 0.457. The van der Waals surface area contributed by atoms with Crippen molar-refractivity contribution >= 4 is 39.3 Å². The van der Waals surface area contributed by atoms with Crippen LogP contribution in [0.1, 0.15) is 26.7 Å². The number of ether oxygens (including phenoxy) is 1. The zero-order chi connectivity index (χ0) is 14.5. The van der Waals surface area contributed by atoms with E-state index in [4.69, 9.17) is 4.74 Å². The predicted molar refractivity (Wildman–Crippen MR) is 78.2 cm³/mol. The van der Waals surface area contributed by atoms with Crippen molar-refractivity contribution in [1.29, 1.82) is 0 Å². The molecule has 0 radical (unpaired) electrons. The van der Waals surface area contributed by atoms with Crippen LogP contribution in [0.5, 0.6) is 0 Å². The lowest BCUT2D eigenvalue weighted by molar-refractivity contribution is -0.138. The summed E-state index contributed by atoms with van der Waals surface area (Å²) in [7, 11) is -3.68. The van der Waals surface area contributed by atoms with Gasteiger partial charge in [-0.05, 0) is 18.2 Å². The minimum Gasteiger partial charge on any atom is -0.501 e. The van der Waals surface area contributed by atoms with Crippen LogP contribution in [0.15, 0.2) is 19.6 Å². The fourth-order valence-corrected chi connectivity index (χ4v) is 4.78. The van der Waals surface area contributed by atoms with Crippen LogP contribution < -0.4 is 0 Å². The minimum atomic E-state index is -3.68. The van der Waals surface area contributed by atoms with Crippen LogP contribution in [0.4, 0.5) is 0 Å².